The molecule has 1 aliphatic rings. The average Bonchev–Trinajstić information content (AvgIpc) is 2.73. The van der Waals surface area contributed by atoms with E-state index in [1.165, 1.54) is 5.56 Å². The summed E-state index contributed by atoms with van der Waals surface area (Å²) < 4.78 is 16.1. The number of halogens is 2. The second-order valence-corrected chi connectivity index (χ2v) is 6.49. The van der Waals surface area contributed by atoms with E-state index in [0.717, 1.165) is 24.5 Å². The van der Waals surface area contributed by atoms with Crippen LogP contribution in [0, 0.1) is 6.92 Å². The molecule has 2 aromatic rings. The molecule has 1 aromatic carbocycles. The zero-order chi connectivity index (χ0) is 19.8. The van der Waals surface area contributed by atoms with Crippen LogP contribution in [0.15, 0.2) is 35.4 Å². The van der Waals surface area contributed by atoms with Crippen LogP contribution in [0.1, 0.15) is 11.1 Å². The number of methoxy groups -OCH3 is 1. The van der Waals surface area contributed by atoms with Gasteiger partial charge in [0.05, 0.1) is 26.0 Å². The number of hydrazone groups is 1. The summed E-state index contributed by atoms with van der Waals surface area (Å²) in [6.45, 7) is 5.85. The standard InChI is InChI=1S/C20H27N5O3.2BrH/c1-16-5-4-6-17(13-16)15-21-24(2)18-14-19(25-7-9-27-10-8-25)23-20(22-18)28-12-11-26-3;;/h4-6,13-15H,7-12H2,1-3H3;2*1H/p-2/b21-15+;;. The maximum absolute atomic E-state index is 5.66. The Morgan fingerprint density at radius 3 is 2.63 bits per heavy atom. The molecule has 2 heterocycles. The van der Waals surface area contributed by atoms with E-state index >= 15 is 0 Å². The lowest BCUT2D eigenvalue weighted by atomic mass is 10.2. The Balaban J connectivity index is 0.00000225. The topological polar surface area (TPSA) is 72.3 Å². The van der Waals surface area contributed by atoms with Gasteiger partial charge in [0.15, 0.2) is 5.82 Å². The van der Waals surface area contributed by atoms with E-state index in [1.807, 2.05) is 31.5 Å². The van der Waals surface area contributed by atoms with E-state index in [0.29, 0.717) is 38.3 Å². The van der Waals surface area contributed by atoms with Gasteiger partial charge in [-0.1, -0.05) is 29.8 Å². The summed E-state index contributed by atoms with van der Waals surface area (Å²) in [4.78, 5) is 11.2. The number of aromatic nitrogens is 2. The minimum absolute atomic E-state index is 0. The minimum atomic E-state index is 0. The molecule has 1 fully saturated rings. The first kappa shape index (κ1) is 26.3. The SMILES string of the molecule is COCCOc1nc(N2CCOCC2)cc(N(C)/N=C/c2cccc(C)c2)n1.[Br-].[Br-]. The molecule has 1 aliphatic heterocycles. The molecule has 0 radical (unpaired) electrons. The normalized spacial score (nSPS) is 13.5. The molecule has 8 nitrogen and oxygen atoms in total. The van der Waals surface area contributed by atoms with Crippen molar-refractivity contribution in [3.63, 3.8) is 0 Å². The molecule has 0 N–H and O–H groups in total. The summed E-state index contributed by atoms with van der Waals surface area (Å²) in [6, 6.07) is 10.4. The first-order valence-electron chi connectivity index (χ1n) is 9.33. The first-order chi connectivity index (χ1) is 13.7. The van der Waals surface area contributed by atoms with Crippen LogP contribution in [0.2, 0.25) is 0 Å². The van der Waals surface area contributed by atoms with Gasteiger partial charge >= 0.3 is 6.01 Å². The molecule has 3 rings (SSSR count). The van der Waals surface area contributed by atoms with Crippen molar-refractivity contribution in [3.05, 3.63) is 41.5 Å². The zero-order valence-corrected chi connectivity index (χ0v) is 20.6. The van der Waals surface area contributed by atoms with Gasteiger partial charge in [0, 0.05) is 33.3 Å². The number of rotatable bonds is 8. The van der Waals surface area contributed by atoms with Crippen LogP contribution in [0.5, 0.6) is 6.01 Å². The lowest BCUT2D eigenvalue weighted by Gasteiger charge is -2.28. The van der Waals surface area contributed by atoms with Crippen LogP contribution in [0.4, 0.5) is 11.6 Å². The van der Waals surface area contributed by atoms with Gasteiger partial charge in [0.2, 0.25) is 0 Å². The molecule has 0 aliphatic carbocycles. The van der Waals surface area contributed by atoms with Gasteiger partial charge in [0.1, 0.15) is 12.4 Å². The quantitative estimate of drug-likeness (QED) is 0.191. The predicted octanol–water partition coefficient (Wildman–Crippen LogP) is -3.87. The summed E-state index contributed by atoms with van der Waals surface area (Å²) in [5, 5.41) is 6.24. The third-order valence-corrected chi connectivity index (χ3v) is 4.29. The number of nitrogens with zero attached hydrogens (tertiary/aromatic N) is 5. The largest absolute Gasteiger partial charge is 1.00 e. The van der Waals surface area contributed by atoms with Crippen LogP contribution < -0.4 is 48.6 Å². The summed E-state index contributed by atoms with van der Waals surface area (Å²) in [5.74, 6) is 1.46. The number of anilines is 2. The van der Waals surface area contributed by atoms with Crippen molar-refractivity contribution in [1.29, 1.82) is 0 Å². The zero-order valence-electron chi connectivity index (χ0n) is 17.4. The fraction of sp³-hybridized carbons (Fsp3) is 0.450. The maximum Gasteiger partial charge on any atom is 0.320 e. The molecular formula is C20H27Br2N5O3-2. The summed E-state index contributed by atoms with van der Waals surface area (Å²) in [5.41, 5.74) is 2.22. The van der Waals surface area contributed by atoms with Crippen molar-refractivity contribution in [2.75, 3.05) is 63.6 Å². The molecule has 0 unspecified atom stereocenters. The molecular weight excluding hydrogens is 518 g/mol. The van der Waals surface area contributed by atoms with Crippen molar-refractivity contribution in [1.82, 2.24) is 9.97 Å². The van der Waals surface area contributed by atoms with E-state index in [-0.39, 0.29) is 34.0 Å². The van der Waals surface area contributed by atoms with Crippen molar-refractivity contribution in [2.45, 2.75) is 6.92 Å². The summed E-state index contributed by atoms with van der Waals surface area (Å²) in [6.07, 6.45) is 1.81. The van der Waals surface area contributed by atoms with Gasteiger partial charge in [-0.15, -0.1) is 0 Å². The highest BCUT2D eigenvalue weighted by Crippen LogP contribution is 2.22. The Hall–Kier alpha value is -1.75. The van der Waals surface area contributed by atoms with Gasteiger partial charge in [-0.25, -0.2) is 0 Å². The highest BCUT2D eigenvalue weighted by atomic mass is 79.9. The number of morpholine rings is 1. The average molecular weight is 545 g/mol. The number of hydrogen-bond acceptors (Lipinski definition) is 8. The fourth-order valence-corrected chi connectivity index (χ4v) is 2.76. The van der Waals surface area contributed by atoms with Gasteiger partial charge in [-0.3, -0.25) is 5.01 Å². The smallest absolute Gasteiger partial charge is 0.320 e. The molecule has 30 heavy (non-hydrogen) atoms. The Bertz CT molecular complexity index is 804. The van der Waals surface area contributed by atoms with Crippen LogP contribution in [0.25, 0.3) is 0 Å². The van der Waals surface area contributed by atoms with Crippen LogP contribution in [-0.4, -0.2) is 69.9 Å². The van der Waals surface area contributed by atoms with Gasteiger partial charge in [-0.05, 0) is 12.5 Å². The van der Waals surface area contributed by atoms with E-state index < -0.39 is 0 Å². The Morgan fingerprint density at radius 1 is 1.17 bits per heavy atom. The third-order valence-electron chi connectivity index (χ3n) is 4.29. The monoisotopic (exact) mass is 543 g/mol. The second-order valence-electron chi connectivity index (χ2n) is 6.49. The second kappa shape index (κ2) is 13.5. The number of benzene rings is 1. The maximum atomic E-state index is 5.66. The van der Waals surface area contributed by atoms with E-state index in [9.17, 15) is 0 Å². The van der Waals surface area contributed by atoms with E-state index in [4.69, 9.17) is 14.2 Å². The molecule has 166 valence electrons. The van der Waals surface area contributed by atoms with Crippen molar-refractivity contribution in [2.24, 2.45) is 5.10 Å². The summed E-state index contributed by atoms with van der Waals surface area (Å²) in [7, 11) is 3.49. The third kappa shape index (κ3) is 7.82. The van der Waals surface area contributed by atoms with E-state index in [2.05, 4.69) is 39.0 Å². The number of hydrogen-bond donors (Lipinski definition) is 0. The molecule has 10 heteroatoms. The van der Waals surface area contributed by atoms with E-state index in [1.54, 1.807) is 12.1 Å². The Labute approximate surface area is 198 Å². The van der Waals surface area contributed by atoms with Crippen molar-refractivity contribution < 1.29 is 48.2 Å². The number of ether oxygens (including phenoxy) is 3. The van der Waals surface area contributed by atoms with Gasteiger partial charge in [-0.2, -0.15) is 15.1 Å². The highest BCUT2D eigenvalue weighted by molar-refractivity contribution is 5.80. The van der Waals surface area contributed by atoms with Crippen molar-refractivity contribution >= 4 is 17.9 Å². The van der Waals surface area contributed by atoms with Gasteiger partial charge in [0.25, 0.3) is 0 Å². The molecule has 0 spiro atoms. The van der Waals surface area contributed by atoms with Gasteiger partial charge < -0.3 is 53.1 Å². The Morgan fingerprint density at radius 2 is 1.93 bits per heavy atom. The number of aryl methyl sites for hydroxylation is 1. The Kier molecular flexibility index (Phi) is 11.9. The molecule has 0 saturated carbocycles. The van der Waals surface area contributed by atoms with Crippen LogP contribution in [0.3, 0.4) is 0 Å². The van der Waals surface area contributed by atoms with Crippen LogP contribution in [-0.2, 0) is 9.47 Å². The molecule has 0 bridgehead atoms. The minimum Gasteiger partial charge on any atom is -1.00 e. The highest BCUT2D eigenvalue weighted by Gasteiger charge is 2.17. The molecule has 1 aromatic heterocycles. The molecule has 0 atom stereocenters. The lowest BCUT2D eigenvalue weighted by Crippen LogP contribution is -3.00. The first-order valence-corrected chi connectivity index (χ1v) is 9.33. The molecule has 0 amide bonds. The fourth-order valence-electron chi connectivity index (χ4n) is 2.76. The molecule has 1 saturated heterocycles. The predicted molar refractivity (Wildman–Crippen MR) is 110 cm³/mol. The van der Waals surface area contributed by atoms with Crippen molar-refractivity contribution in [3.8, 4) is 6.01 Å². The summed E-state index contributed by atoms with van der Waals surface area (Å²) >= 11 is 0. The lowest BCUT2D eigenvalue weighted by molar-refractivity contribution is -0.001000. The van der Waals surface area contributed by atoms with Crippen LogP contribution >= 0.6 is 0 Å².